The molecule has 1 saturated heterocycles. The molecule has 48 heavy (non-hydrogen) atoms. The van der Waals surface area contributed by atoms with E-state index < -0.39 is 11.4 Å². The average Bonchev–Trinajstić information content (AvgIpc) is 3.35. The van der Waals surface area contributed by atoms with Crippen molar-refractivity contribution in [2.45, 2.75) is 139 Å². The normalized spacial score (nSPS) is 44.5. The van der Waals surface area contributed by atoms with Crippen LogP contribution in [-0.2, 0) is 14.3 Å². The third kappa shape index (κ3) is 5.81. The van der Waals surface area contributed by atoms with E-state index in [-0.39, 0.29) is 46.6 Å². The topological polar surface area (TPSA) is 70.1 Å². The van der Waals surface area contributed by atoms with Crippen LogP contribution in [0.4, 0.5) is 4.48 Å². The van der Waals surface area contributed by atoms with Gasteiger partial charge in [-0.3, -0.25) is 9.59 Å². The van der Waals surface area contributed by atoms with Crippen molar-refractivity contribution < 1.29 is 23.9 Å². The summed E-state index contributed by atoms with van der Waals surface area (Å²) in [7, 11) is 0. The Balaban J connectivity index is 1.23. The molecule has 0 aromatic heterocycles. The highest BCUT2D eigenvalue weighted by molar-refractivity contribution is 5.73. The van der Waals surface area contributed by atoms with Crippen molar-refractivity contribution in [1.82, 2.24) is 10.0 Å². The molecule has 5 aliphatic carbocycles. The number of nitrogens with zero attached hydrogens (tertiary/aromatic N) is 2. The van der Waals surface area contributed by atoms with Gasteiger partial charge in [0.05, 0.1) is 12.8 Å². The van der Waals surface area contributed by atoms with Gasteiger partial charge >= 0.3 is 11.9 Å². The lowest BCUT2D eigenvalue weighted by atomic mass is 9.32. The van der Waals surface area contributed by atoms with Crippen molar-refractivity contribution >= 4 is 11.9 Å². The lowest BCUT2D eigenvalue weighted by Gasteiger charge is -2.73. The maximum Gasteiger partial charge on any atom is 0.306 e. The Kier molecular flexibility index (Phi) is 9.34. The standard InChI is InChI=1S/C41H67FN2O4/c1-27(2)28-12-17-41(26-43-20-22-44(42)23-21-43)19-18-39(8)29(35(28)41)10-11-31-38(7)15-14-32(37(5,6)30(38)13-16-40(31,39)9)48-34(47)25-36(3,4)24-33(45)46/h28-32,35H,1,10-26H2,2-9H3,(H,45,46)/t28-,29+,30-,31+,32-,35+,38-,39+,40+,41+/m0/s1. The first kappa shape index (κ1) is 36.3. The number of aliphatic carboxylic acids is 1. The Hall–Kier alpha value is -1.47. The number of halogens is 1. The van der Waals surface area contributed by atoms with Crippen LogP contribution >= 0.6 is 0 Å². The molecule has 6 aliphatic rings. The molecule has 1 heterocycles. The Morgan fingerprint density at radius 2 is 1.54 bits per heavy atom. The largest absolute Gasteiger partial charge is 0.481 e. The van der Waals surface area contributed by atoms with Crippen molar-refractivity contribution in [3.05, 3.63) is 12.2 Å². The molecule has 6 rings (SSSR count). The number of ether oxygens (including phenoxy) is 1. The fourth-order valence-electron chi connectivity index (χ4n) is 14.1. The molecule has 0 aromatic carbocycles. The number of hydrogen-bond donors (Lipinski definition) is 1. The highest BCUT2D eigenvalue weighted by Crippen LogP contribution is 2.77. The van der Waals surface area contributed by atoms with Crippen LogP contribution in [0.5, 0.6) is 0 Å². The number of allylic oxidation sites excluding steroid dienone is 1. The molecule has 1 N–H and O–H groups in total. The lowest BCUT2D eigenvalue weighted by Crippen LogP contribution is -2.67. The zero-order chi connectivity index (χ0) is 35.1. The van der Waals surface area contributed by atoms with E-state index in [1.165, 1.54) is 56.9 Å². The summed E-state index contributed by atoms with van der Waals surface area (Å²) in [5, 5.41) is 10.3. The molecule has 0 unspecified atom stereocenters. The highest BCUT2D eigenvalue weighted by atomic mass is 19.2. The van der Waals surface area contributed by atoms with Gasteiger partial charge in [0.15, 0.2) is 0 Å². The second kappa shape index (κ2) is 12.3. The molecule has 0 spiro atoms. The number of fused-ring (bicyclic) bond motifs is 7. The molecule has 0 aromatic rings. The van der Waals surface area contributed by atoms with Gasteiger partial charge in [-0.05, 0) is 128 Å². The molecule has 272 valence electrons. The lowest BCUT2D eigenvalue weighted by molar-refractivity contribution is -0.251. The predicted molar refractivity (Wildman–Crippen MR) is 189 cm³/mol. The van der Waals surface area contributed by atoms with Gasteiger partial charge in [0, 0.05) is 38.1 Å². The minimum absolute atomic E-state index is 0.0396. The van der Waals surface area contributed by atoms with E-state index in [1.54, 1.807) is 0 Å². The number of carbonyl (C=O) groups is 2. The van der Waals surface area contributed by atoms with E-state index in [0.717, 1.165) is 37.6 Å². The van der Waals surface area contributed by atoms with E-state index in [0.29, 0.717) is 48.1 Å². The molecule has 0 amide bonds. The average molecular weight is 671 g/mol. The van der Waals surface area contributed by atoms with Crippen molar-refractivity contribution in [3.8, 4) is 0 Å². The van der Waals surface area contributed by atoms with Gasteiger partial charge in [-0.2, -0.15) is 0 Å². The maximum absolute atomic E-state index is 14.0. The van der Waals surface area contributed by atoms with Gasteiger partial charge in [0.2, 0.25) is 0 Å². The van der Waals surface area contributed by atoms with Gasteiger partial charge in [-0.15, -0.1) is 9.60 Å². The quantitative estimate of drug-likeness (QED) is 0.158. The number of carboxylic acid groups (broad SMARTS) is 1. The molecular weight excluding hydrogens is 603 g/mol. The van der Waals surface area contributed by atoms with E-state index in [9.17, 15) is 19.2 Å². The van der Waals surface area contributed by atoms with Crippen LogP contribution in [0.25, 0.3) is 0 Å². The summed E-state index contributed by atoms with van der Waals surface area (Å²) in [5.74, 6) is 1.94. The summed E-state index contributed by atoms with van der Waals surface area (Å²) in [6.07, 6.45) is 12.0. The number of hydrogen-bond acceptors (Lipinski definition) is 5. The number of carboxylic acids is 1. The molecular formula is C41H67FN2O4. The van der Waals surface area contributed by atoms with Crippen molar-refractivity contribution in [2.24, 2.45) is 62.1 Å². The summed E-state index contributed by atoms with van der Waals surface area (Å²) < 4.78 is 20.2. The van der Waals surface area contributed by atoms with Gasteiger partial charge in [0.25, 0.3) is 0 Å². The minimum atomic E-state index is -0.876. The molecule has 10 atom stereocenters. The Bertz CT molecular complexity index is 1270. The Morgan fingerprint density at radius 1 is 0.854 bits per heavy atom. The number of esters is 1. The fourth-order valence-corrected chi connectivity index (χ4v) is 14.1. The third-order valence-corrected chi connectivity index (χ3v) is 16.6. The summed E-state index contributed by atoms with van der Waals surface area (Å²) in [6, 6.07) is 0. The maximum atomic E-state index is 14.0. The summed E-state index contributed by atoms with van der Waals surface area (Å²) in [6.45, 7) is 27.1. The Labute approximate surface area is 290 Å². The summed E-state index contributed by atoms with van der Waals surface area (Å²) in [4.78, 5) is 27.2. The van der Waals surface area contributed by atoms with E-state index in [2.05, 4.69) is 53.0 Å². The zero-order valence-electron chi connectivity index (χ0n) is 31.6. The van der Waals surface area contributed by atoms with E-state index in [4.69, 9.17) is 4.74 Å². The first-order chi connectivity index (χ1) is 22.3. The smallest absolute Gasteiger partial charge is 0.306 e. The second-order valence-corrected chi connectivity index (χ2v) is 20.0. The molecule has 0 radical (unpaired) electrons. The number of rotatable bonds is 8. The molecule has 0 bridgehead atoms. The van der Waals surface area contributed by atoms with Crippen molar-refractivity contribution in [3.63, 3.8) is 0 Å². The zero-order valence-corrected chi connectivity index (χ0v) is 31.6. The monoisotopic (exact) mass is 671 g/mol. The van der Waals surface area contributed by atoms with Crippen LogP contribution in [0.15, 0.2) is 12.2 Å². The highest BCUT2D eigenvalue weighted by Gasteiger charge is 2.71. The molecule has 7 heteroatoms. The predicted octanol–water partition coefficient (Wildman–Crippen LogP) is 8.95. The van der Waals surface area contributed by atoms with Crippen molar-refractivity contribution in [1.29, 1.82) is 0 Å². The first-order valence-corrected chi connectivity index (χ1v) is 19.5. The number of carbonyl (C=O) groups excluding carboxylic acids is 1. The van der Waals surface area contributed by atoms with Crippen LogP contribution in [0, 0.1) is 62.1 Å². The SMILES string of the molecule is C=C(C)[C@@H]1CC[C@]2(CN3CCN(F)CC3)CC[C@]3(C)[C@H](CC[C@@H]4[C@@]5(C)CC[C@H](OC(=O)CC(C)(C)CC(=O)O)C(C)(C)[C@@H]5CC[C@]43C)[C@@H]12. The van der Waals surface area contributed by atoms with E-state index >= 15 is 0 Å². The Morgan fingerprint density at radius 3 is 2.19 bits per heavy atom. The van der Waals surface area contributed by atoms with Crippen LogP contribution in [0.1, 0.15) is 132 Å². The van der Waals surface area contributed by atoms with E-state index in [1.807, 2.05) is 13.8 Å². The fraction of sp³-hybridized carbons (Fsp3) is 0.902. The molecule has 1 aliphatic heterocycles. The van der Waals surface area contributed by atoms with Gasteiger partial charge in [-0.25, -0.2) is 0 Å². The summed E-state index contributed by atoms with van der Waals surface area (Å²) in [5.41, 5.74) is 1.66. The molecule has 6 fully saturated rings. The van der Waals surface area contributed by atoms with Gasteiger partial charge < -0.3 is 14.7 Å². The van der Waals surface area contributed by atoms with Gasteiger partial charge in [0.1, 0.15) is 6.10 Å². The van der Waals surface area contributed by atoms with Crippen LogP contribution in [0.3, 0.4) is 0 Å². The second-order valence-electron chi connectivity index (χ2n) is 20.0. The summed E-state index contributed by atoms with van der Waals surface area (Å²) >= 11 is 0. The number of piperazine rings is 1. The molecule has 5 saturated carbocycles. The van der Waals surface area contributed by atoms with Crippen LogP contribution < -0.4 is 0 Å². The third-order valence-electron chi connectivity index (χ3n) is 16.6. The molecule has 6 nitrogen and oxygen atoms in total. The van der Waals surface area contributed by atoms with Gasteiger partial charge in [-0.1, -0.05) is 60.6 Å². The van der Waals surface area contributed by atoms with Crippen LogP contribution in [0.2, 0.25) is 0 Å². The van der Waals surface area contributed by atoms with Crippen molar-refractivity contribution in [2.75, 3.05) is 32.7 Å². The minimum Gasteiger partial charge on any atom is -0.481 e. The van der Waals surface area contributed by atoms with Crippen LogP contribution in [-0.4, -0.2) is 65.9 Å². The first-order valence-electron chi connectivity index (χ1n) is 19.5.